The largest absolute Gasteiger partial charge is 0.322 e. The van der Waals surface area contributed by atoms with Gasteiger partial charge in [0.1, 0.15) is 0 Å². The Morgan fingerprint density at radius 2 is 1.37 bits per heavy atom. The molecule has 6 heteroatoms. The van der Waals surface area contributed by atoms with Crippen molar-refractivity contribution < 1.29 is 17.8 Å². The number of amides is 1. The molecule has 134 valence electrons. The zero-order valence-corrected chi connectivity index (χ0v) is 14.9. The summed E-state index contributed by atoms with van der Waals surface area (Å²) in [4.78, 5) is 12.8. The lowest BCUT2D eigenvalue weighted by atomic mass is 9.96. The van der Waals surface area contributed by atoms with Gasteiger partial charge in [0.15, 0.2) is 0 Å². The highest BCUT2D eigenvalue weighted by Gasteiger charge is 2.16. The third-order valence-corrected chi connectivity index (χ3v) is 5.24. The van der Waals surface area contributed by atoms with Crippen LogP contribution in [0.5, 0.6) is 0 Å². The van der Waals surface area contributed by atoms with Gasteiger partial charge in [0, 0.05) is 5.69 Å². The van der Waals surface area contributed by atoms with Crippen LogP contribution in [0.2, 0.25) is 0 Å². The second-order valence-corrected chi connectivity index (χ2v) is 7.57. The summed E-state index contributed by atoms with van der Waals surface area (Å²) >= 11 is 0. The lowest BCUT2D eigenvalue weighted by Crippen LogP contribution is -2.13. The van der Waals surface area contributed by atoms with E-state index in [0.717, 1.165) is 21.5 Å². The average molecular weight is 377 g/mol. The number of carbonyl (C=O) groups is 1. The molecule has 0 bridgehead atoms. The Morgan fingerprint density at radius 1 is 0.778 bits per heavy atom. The highest BCUT2D eigenvalue weighted by molar-refractivity contribution is 7.85. The molecule has 4 rings (SSSR count). The van der Waals surface area contributed by atoms with Crippen LogP contribution >= 0.6 is 0 Å². The van der Waals surface area contributed by atoms with E-state index >= 15 is 0 Å². The summed E-state index contributed by atoms with van der Waals surface area (Å²) in [6.07, 6.45) is 0. The van der Waals surface area contributed by atoms with E-state index in [-0.39, 0.29) is 16.5 Å². The molecule has 0 atom stereocenters. The van der Waals surface area contributed by atoms with Crippen LogP contribution in [0, 0.1) is 0 Å². The number of rotatable bonds is 3. The van der Waals surface area contributed by atoms with E-state index in [2.05, 4.69) is 5.32 Å². The molecule has 0 spiro atoms. The van der Waals surface area contributed by atoms with Crippen LogP contribution < -0.4 is 5.32 Å². The number of nitrogens with one attached hydrogen (secondary N) is 1. The van der Waals surface area contributed by atoms with Gasteiger partial charge in [0.05, 0.1) is 10.5 Å². The maximum absolute atomic E-state index is 13.1. The van der Waals surface area contributed by atoms with E-state index in [1.165, 1.54) is 18.2 Å². The fraction of sp³-hybridized carbons (Fsp3) is 0. The van der Waals surface area contributed by atoms with Crippen LogP contribution in [-0.2, 0) is 10.1 Å². The van der Waals surface area contributed by atoms with Crippen molar-refractivity contribution in [3.05, 3.63) is 84.4 Å². The first-order valence-corrected chi connectivity index (χ1v) is 9.67. The average Bonchev–Trinajstić information content (AvgIpc) is 2.65. The molecule has 27 heavy (non-hydrogen) atoms. The minimum absolute atomic E-state index is 0.275. The molecule has 1 amide bonds. The molecular weight excluding hydrogens is 362 g/mol. The summed E-state index contributed by atoms with van der Waals surface area (Å²) in [5.41, 5.74) is 0.799. The van der Waals surface area contributed by atoms with Gasteiger partial charge >= 0.3 is 0 Å². The predicted octanol–water partition coefficient (Wildman–Crippen LogP) is 4.49. The Kier molecular flexibility index (Phi) is 4.14. The van der Waals surface area contributed by atoms with Crippen LogP contribution in [0.3, 0.4) is 0 Å². The van der Waals surface area contributed by atoms with Crippen LogP contribution in [0.15, 0.2) is 83.8 Å². The Balaban J connectivity index is 1.85. The zero-order chi connectivity index (χ0) is 19.0. The first-order chi connectivity index (χ1) is 12.9. The van der Waals surface area contributed by atoms with Crippen molar-refractivity contribution in [2.24, 2.45) is 0 Å². The Hall–Kier alpha value is -3.22. The number of anilines is 1. The fourth-order valence-electron chi connectivity index (χ4n) is 3.19. The van der Waals surface area contributed by atoms with Gasteiger partial charge in [-0.15, -0.1) is 0 Å². The van der Waals surface area contributed by atoms with Crippen LogP contribution in [0.25, 0.3) is 21.5 Å². The number of carbonyl (C=O) groups excluding carboxylic acids is 1. The first kappa shape index (κ1) is 17.2. The molecule has 2 N–H and O–H groups in total. The summed E-state index contributed by atoms with van der Waals surface area (Å²) in [7, 11) is -4.35. The predicted molar refractivity (Wildman–Crippen MR) is 106 cm³/mol. The molecular formula is C21H15NO4S. The monoisotopic (exact) mass is 377 g/mol. The third-order valence-electron chi connectivity index (χ3n) is 4.39. The summed E-state index contributed by atoms with van der Waals surface area (Å²) < 4.78 is 31.9. The summed E-state index contributed by atoms with van der Waals surface area (Å²) in [5, 5.41) is 6.23. The smallest absolute Gasteiger partial charge is 0.294 e. The Labute approximate surface area is 156 Å². The lowest BCUT2D eigenvalue weighted by molar-refractivity contribution is 0.102. The van der Waals surface area contributed by atoms with Crippen molar-refractivity contribution in [2.45, 2.75) is 4.90 Å². The van der Waals surface area contributed by atoms with Crippen molar-refractivity contribution in [2.75, 3.05) is 5.32 Å². The van der Waals surface area contributed by atoms with Crippen LogP contribution in [0.4, 0.5) is 5.69 Å². The van der Waals surface area contributed by atoms with E-state index in [4.69, 9.17) is 0 Å². The number of hydrogen-bond donors (Lipinski definition) is 2. The molecule has 0 radical (unpaired) electrons. The van der Waals surface area contributed by atoms with Gasteiger partial charge in [0.25, 0.3) is 16.0 Å². The Bertz CT molecular complexity index is 1240. The Morgan fingerprint density at radius 3 is 1.96 bits per heavy atom. The molecule has 0 saturated heterocycles. The van der Waals surface area contributed by atoms with Crippen molar-refractivity contribution >= 4 is 43.3 Å². The molecule has 5 nitrogen and oxygen atoms in total. The molecule has 0 aliphatic carbocycles. The van der Waals surface area contributed by atoms with Gasteiger partial charge in [0.2, 0.25) is 0 Å². The molecule has 0 saturated carbocycles. The minimum Gasteiger partial charge on any atom is -0.322 e. The van der Waals surface area contributed by atoms with Gasteiger partial charge in [-0.1, -0.05) is 54.6 Å². The molecule has 0 aliphatic rings. The van der Waals surface area contributed by atoms with Gasteiger partial charge in [-0.3, -0.25) is 9.35 Å². The molecule has 0 heterocycles. The highest BCUT2D eigenvalue weighted by atomic mass is 32.2. The van der Waals surface area contributed by atoms with Gasteiger partial charge in [-0.05, 0) is 45.8 Å². The normalized spacial score (nSPS) is 11.6. The quantitative estimate of drug-likeness (QED) is 0.407. The standard InChI is InChI=1S/C21H15NO4S/c23-21(22-16-8-5-9-17(13-16)27(24,25)26)20-18-10-3-1-6-14(18)12-15-7-2-4-11-19(15)20/h1-13H,(H,22,23)(H,24,25,26). The second kappa shape index (κ2) is 6.50. The second-order valence-electron chi connectivity index (χ2n) is 6.15. The number of fused-ring (bicyclic) bond motifs is 2. The number of hydrogen-bond acceptors (Lipinski definition) is 3. The minimum atomic E-state index is -4.35. The van der Waals surface area contributed by atoms with E-state index in [0.29, 0.717) is 5.56 Å². The first-order valence-electron chi connectivity index (χ1n) is 8.23. The van der Waals surface area contributed by atoms with Gasteiger partial charge in [-0.2, -0.15) is 8.42 Å². The number of benzene rings is 4. The third kappa shape index (κ3) is 3.28. The molecule has 4 aromatic carbocycles. The summed E-state index contributed by atoms with van der Waals surface area (Å²) in [5.74, 6) is -0.351. The lowest BCUT2D eigenvalue weighted by Gasteiger charge is -2.12. The van der Waals surface area contributed by atoms with E-state index in [1.54, 1.807) is 6.07 Å². The highest BCUT2D eigenvalue weighted by Crippen LogP contribution is 2.29. The molecule has 0 fully saturated rings. The fourth-order valence-corrected chi connectivity index (χ4v) is 3.71. The van der Waals surface area contributed by atoms with E-state index in [9.17, 15) is 17.8 Å². The van der Waals surface area contributed by atoms with E-state index in [1.807, 2.05) is 54.6 Å². The summed E-state index contributed by atoms with van der Waals surface area (Å²) in [6.45, 7) is 0. The van der Waals surface area contributed by atoms with Crippen molar-refractivity contribution in [1.82, 2.24) is 0 Å². The van der Waals surface area contributed by atoms with Crippen LogP contribution in [-0.4, -0.2) is 18.9 Å². The molecule has 4 aromatic rings. The van der Waals surface area contributed by atoms with Crippen molar-refractivity contribution in [3.63, 3.8) is 0 Å². The van der Waals surface area contributed by atoms with Crippen molar-refractivity contribution in [1.29, 1.82) is 0 Å². The topological polar surface area (TPSA) is 83.5 Å². The van der Waals surface area contributed by atoms with Crippen molar-refractivity contribution in [3.8, 4) is 0 Å². The van der Waals surface area contributed by atoms with Gasteiger partial charge in [-0.25, -0.2) is 0 Å². The van der Waals surface area contributed by atoms with Crippen LogP contribution in [0.1, 0.15) is 10.4 Å². The summed E-state index contributed by atoms with van der Waals surface area (Å²) in [6, 6.07) is 22.7. The SMILES string of the molecule is O=C(Nc1cccc(S(=O)(=O)O)c1)c1c2ccccc2cc2ccccc12. The zero-order valence-electron chi connectivity index (χ0n) is 14.1. The maximum atomic E-state index is 13.1. The van der Waals surface area contributed by atoms with E-state index < -0.39 is 10.1 Å². The molecule has 0 unspecified atom stereocenters. The maximum Gasteiger partial charge on any atom is 0.294 e. The molecule has 0 aromatic heterocycles. The van der Waals surface area contributed by atoms with Gasteiger partial charge < -0.3 is 5.32 Å². The molecule has 0 aliphatic heterocycles.